The number of fused-ring (bicyclic) bond motifs is 2. The van der Waals surface area contributed by atoms with Crippen molar-refractivity contribution in [2.75, 3.05) is 6.61 Å². The van der Waals surface area contributed by atoms with Crippen LogP contribution in [0.3, 0.4) is 0 Å². The molecular formula is C17H29N3O. The molecule has 0 N–H and O–H groups in total. The summed E-state index contributed by atoms with van der Waals surface area (Å²) in [6.45, 7) is 11.7. The predicted octanol–water partition coefficient (Wildman–Crippen LogP) is 3.42. The van der Waals surface area contributed by atoms with Gasteiger partial charge in [0, 0.05) is 6.04 Å². The summed E-state index contributed by atoms with van der Waals surface area (Å²) >= 11 is 0. The van der Waals surface area contributed by atoms with Crippen LogP contribution >= 0.6 is 0 Å². The monoisotopic (exact) mass is 291 g/mol. The molecule has 4 heteroatoms. The lowest BCUT2D eigenvalue weighted by molar-refractivity contribution is -0.0122. The van der Waals surface area contributed by atoms with Gasteiger partial charge in [0.05, 0.1) is 23.6 Å². The van der Waals surface area contributed by atoms with Crippen LogP contribution in [0.4, 0.5) is 0 Å². The standard InChI is InChI=1S/C17H29N3O/c1-11(2)20-16-9-7-13-12(6-8-15(16)18-19-20)14(13)10-21-17(3,4)5/h11-14H,6-10H2,1-5H3/t12-,13+,14-/m0/s1. The van der Waals surface area contributed by atoms with Gasteiger partial charge in [-0.3, -0.25) is 0 Å². The second-order valence-corrected chi connectivity index (χ2v) is 8.01. The van der Waals surface area contributed by atoms with Gasteiger partial charge in [-0.2, -0.15) is 0 Å². The smallest absolute Gasteiger partial charge is 0.0859 e. The first kappa shape index (κ1) is 15.0. The summed E-state index contributed by atoms with van der Waals surface area (Å²) in [5, 5.41) is 8.77. The first-order valence-electron chi connectivity index (χ1n) is 8.43. The minimum Gasteiger partial charge on any atom is -0.376 e. The van der Waals surface area contributed by atoms with Crippen molar-refractivity contribution in [1.29, 1.82) is 0 Å². The van der Waals surface area contributed by atoms with Gasteiger partial charge >= 0.3 is 0 Å². The number of rotatable bonds is 3. The van der Waals surface area contributed by atoms with Crippen molar-refractivity contribution >= 4 is 0 Å². The molecule has 0 amide bonds. The Bertz CT molecular complexity index is 501. The van der Waals surface area contributed by atoms with E-state index < -0.39 is 0 Å². The lowest BCUT2D eigenvalue weighted by Crippen LogP contribution is -2.21. The normalized spacial score (nSPS) is 28.8. The molecule has 0 bridgehead atoms. The van der Waals surface area contributed by atoms with Gasteiger partial charge in [-0.05, 0) is 78.1 Å². The average molecular weight is 291 g/mol. The molecule has 3 rings (SSSR count). The Kier molecular flexibility index (Phi) is 3.85. The molecule has 0 spiro atoms. The molecule has 2 aliphatic carbocycles. The zero-order chi connectivity index (χ0) is 15.2. The van der Waals surface area contributed by atoms with E-state index in [0.29, 0.717) is 6.04 Å². The fourth-order valence-corrected chi connectivity index (χ4v) is 3.80. The van der Waals surface area contributed by atoms with E-state index in [1.807, 2.05) is 0 Å². The molecule has 0 saturated heterocycles. The maximum atomic E-state index is 6.01. The molecule has 3 atom stereocenters. The van der Waals surface area contributed by atoms with Gasteiger partial charge in [-0.25, -0.2) is 4.68 Å². The molecule has 0 aliphatic heterocycles. The lowest BCUT2D eigenvalue weighted by atomic mass is 10.0. The second kappa shape index (κ2) is 5.38. The van der Waals surface area contributed by atoms with Crippen LogP contribution in [-0.2, 0) is 17.6 Å². The maximum Gasteiger partial charge on any atom is 0.0859 e. The van der Waals surface area contributed by atoms with E-state index >= 15 is 0 Å². The molecule has 1 aromatic heterocycles. The summed E-state index contributed by atoms with van der Waals surface area (Å²) < 4.78 is 8.14. The maximum absolute atomic E-state index is 6.01. The summed E-state index contributed by atoms with van der Waals surface area (Å²) in [6.07, 6.45) is 4.76. The van der Waals surface area contributed by atoms with E-state index in [1.54, 1.807) is 0 Å². The van der Waals surface area contributed by atoms with Gasteiger partial charge in [0.2, 0.25) is 0 Å². The van der Waals surface area contributed by atoms with Crippen LogP contribution < -0.4 is 0 Å². The Morgan fingerprint density at radius 3 is 2.48 bits per heavy atom. The summed E-state index contributed by atoms with van der Waals surface area (Å²) in [7, 11) is 0. The predicted molar refractivity (Wildman–Crippen MR) is 83.2 cm³/mol. The number of aromatic nitrogens is 3. The molecule has 1 fully saturated rings. The van der Waals surface area contributed by atoms with Crippen molar-refractivity contribution < 1.29 is 4.74 Å². The molecule has 1 aromatic rings. The lowest BCUT2D eigenvalue weighted by Gasteiger charge is -2.19. The molecule has 21 heavy (non-hydrogen) atoms. The molecule has 1 heterocycles. The SMILES string of the molecule is CC(C)n1nnc2c1CC[C@@H]1[C@H](CC2)[C@@H]1COC(C)(C)C. The third kappa shape index (κ3) is 3.15. The van der Waals surface area contributed by atoms with Crippen LogP contribution in [-0.4, -0.2) is 27.2 Å². The van der Waals surface area contributed by atoms with Crippen LogP contribution in [0, 0.1) is 17.8 Å². The molecule has 0 unspecified atom stereocenters. The molecular weight excluding hydrogens is 262 g/mol. The molecule has 0 radical (unpaired) electrons. The van der Waals surface area contributed by atoms with Crippen molar-refractivity contribution in [2.45, 2.75) is 71.9 Å². The Balaban J connectivity index is 1.63. The Morgan fingerprint density at radius 2 is 1.86 bits per heavy atom. The molecule has 1 saturated carbocycles. The average Bonchev–Trinajstić information content (AvgIpc) is 2.84. The second-order valence-electron chi connectivity index (χ2n) is 8.01. The number of ether oxygens (including phenoxy) is 1. The van der Waals surface area contributed by atoms with Crippen molar-refractivity contribution in [3.05, 3.63) is 11.4 Å². The largest absolute Gasteiger partial charge is 0.376 e. The highest BCUT2D eigenvalue weighted by Gasteiger charge is 2.50. The van der Waals surface area contributed by atoms with E-state index in [9.17, 15) is 0 Å². The van der Waals surface area contributed by atoms with Crippen molar-refractivity contribution in [3.63, 3.8) is 0 Å². The van der Waals surface area contributed by atoms with Crippen LogP contribution in [0.25, 0.3) is 0 Å². The van der Waals surface area contributed by atoms with E-state index in [2.05, 4.69) is 49.6 Å². The Labute approximate surface area is 128 Å². The first-order valence-corrected chi connectivity index (χ1v) is 8.43. The molecule has 118 valence electrons. The van der Waals surface area contributed by atoms with E-state index in [-0.39, 0.29) is 5.60 Å². The Morgan fingerprint density at radius 1 is 1.19 bits per heavy atom. The summed E-state index contributed by atoms with van der Waals surface area (Å²) in [4.78, 5) is 0. The third-order valence-corrected chi connectivity index (χ3v) is 5.01. The van der Waals surface area contributed by atoms with Crippen molar-refractivity contribution in [2.24, 2.45) is 17.8 Å². The number of nitrogens with zero attached hydrogens (tertiary/aromatic N) is 3. The van der Waals surface area contributed by atoms with Crippen LogP contribution in [0.5, 0.6) is 0 Å². The quantitative estimate of drug-likeness (QED) is 0.856. The highest BCUT2D eigenvalue weighted by molar-refractivity contribution is 5.15. The van der Waals surface area contributed by atoms with Gasteiger partial charge in [-0.15, -0.1) is 5.10 Å². The van der Waals surface area contributed by atoms with E-state index in [0.717, 1.165) is 37.2 Å². The van der Waals surface area contributed by atoms with Gasteiger partial charge in [-0.1, -0.05) is 5.21 Å². The van der Waals surface area contributed by atoms with Crippen molar-refractivity contribution in [3.8, 4) is 0 Å². The van der Waals surface area contributed by atoms with Crippen molar-refractivity contribution in [1.82, 2.24) is 15.0 Å². The minimum atomic E-state index is -0.0134. The minimum absolute atomic E-state index is 0.0134. The van der Waals surface area contributed by atoms with E-state index in [4.69, 9.17) is 4.74 Å². The summed E-state index contributed by atoms with van der Waals surface area (Å²) in [5.41, 5.74) is 2.61. The fourth-order valence-electron chi connectivity index (χ4n) is 3.80. The zero-order valence-electron chi connectivity index (χ0n) is 14.1. The molecule has 0 aromatic carbocycles. The first-order chi connectivity index (χ1) is 9.87. The fraction of sp³-hybridized carbons (Fsp3) is 0.882. The highest BCUT2D eigenvalue weighted by atomic mass is 16.5. The topological polar surface area (TPSA) is 39.9 Å². The van der Waals surface area contributed by atoms with Crippen LogP contribution in [0.15, 0.2) is 0 Å². The van der Waals surface area contributed by atoms with Gasteiger partial charge in [0.25, 0.3) is 0 Å². The zero-order valence-corrected chi connectivity index (χ0v) is 14.1. The number of aryl methyl sites for hydroxylation is 1. The molecule has 4 nitrogen and oxygen atoms in total. The van der Waals surface area contributed by atoms with Gasteiger partial charge < -0.3 is 4.74 Å². The summed E-state index contributed by atoms with van der Waals surface area (Å²) in [6, 6.07) is 0.413. The van der Waals surface area contributed by atoms with Crippen LogP contribution in [0.2, 0.25) is 0 Å². The summed E-state index contributed by atoms with van der Waals surface area (Å²) in [5.74, 6) is 2.48. The van der Waals surface area contributed by atoms with E-state index in [1.165, 1.54) is 24.2 Å². The van der Waals surface area contributed by atoms with Crippen LogP contribution in [0.1, 0.15) is 64.9 Å². The highest BCUT2D eigenvalue weighted by Crippen LogP contribution is 2.53. The number of hydrogen-bond donors (Lipinski definition) is 0. The Hall–Kier alpha value is -0.900. The molecule has 2 aliphatic rings. The van der Waals surface area contributed by atoms with Gasteiger partial charge in [0.1, 0.15) is 0 Å². The third-order valence-electron chi connectivity index (χ3n) is 5.01. The number of hydrogen-bond acceptors (Lipinski definition) is 3. The van der Waals surface area contributed by atoms with Gasteiger partial charge in [0.15, 0.2) is 0 Å².